The van der Waals surface area contributed by atoms with E-state index in [9.17, 15) is 18.0 Å². The zero-order valence-electron chi connectivity index (χ0n) is 17.7. The lowest BCUT2D eigenvalue weighted by Crippen LogP contribution is -2.48. The second-order valence-electron chi connectivity index (χ2n) is 7.02. The van der Waals surface area contributed by atoms with Gasteiger partial charge in [0, 0.05) is 38.5 Å². The maximum absolute atomic E-state index is 12.8. The molecule has 2 aromatic rings. The highest BCUT2D eigenvalue weighted by Gasteiger charge is 2.32. The molecule has 10 heteroatoms. The lowest BCUT2D eigenvalue weighted by molar-refractivity contribution is -0.137. The van der Waals surface area contributed by atoms with Gasteiger partial charge in [-0.05, 0) is 36.8 Å². The fraction of sp³-hybridized carbons (Fsp3) is 0.364. The normalized spacial score (nSPS) is 14.7. The molecule has 1 saturated heterocycles. The molecule has 2 heterocycles. The van der Waals surface area contributed by atoms with Crippen LogP contribution in [0.25, 0.3) is 6.08 Å². The number of ether oxygens (including phenoxy) is 2. The van der Waals surface area contributed by atoms with Crippen LogP contribution in [0.1, 0.15) is 18.1 Å². The Morgan fingerprint density at radius 3 is 2.50 bits per heavy atom. The summed E-state index contributed by atoms with van der Waals surface area (Å²) in [5.74, 6) is 1.33. The Morgan fingerprint density at radius 1 is 1.19 bits per heavy atom. The van der Waals surface area contributed by atoms with E-state index in [2.05, 4.69) is 4.98 Å². The smallest absolute Gasteiger partial charge is 0.417 e. The number of amides is 1. The molecule has 32 heavy (non-hydrogen) atoms. The standard InChI is InChI=1S/C22H23ClF3N3O3/c1-3-32-18-6-4-15(12-19(18)31-2)5-7-20(30)28-8-10-29(11-9-28)21-17(23)13-16(14-27-21)22(24,25)26/h4-7,12-14H,3,8-11H2,1-2H3. The van der Waals surface area contributed by atoms with Crippen molar-refractivity contribution in [1.29, 1.82) is 0 Å². The highest BCUT2D eigenvalue weighted by atomic mass is 35.5. The number of nitrogens with zero attached hydrogens (tertiary/aromatic N) is 3. The molecule has 1 aliphatic heterocycles. The fourth-order valence-electron chi connectivity index (χ4n) is 3.29. The molecule has 0 radical (unpaired) electrons. The molecule has 1 aromatic heterocycles. The van der Waals surface area contributed by atoms with Crippen LogP contribution < -0.4 is 14.4 Å². The number of methoxy groups -OCH3 is 1. The van der Waals surface area contributed by atoms with Crippen molar-refractivity contribution in [3.63, 3.8) is 0 Å². The van der Waals surface area contributed by atoms with E-state index in [0.717, 1.165) is 17.8 Å². The summed E-state index contributed by atoms with van der Waals surface area (Å²) in [7, 11) is 1.55. The van der Waals surface area contributed by atoms with Crippen LogP contribution in [0.15, 0.2) is 36.5 Å². The molecule has 3 rings (SSSR count). The fourth-order valence-corrected chi connectivity index (χ4v) is 3.58. The van der Waals surface area contributed by atoms with Crippen molar-refractivity contribution in [2.75, 3.05) is 44.8 Å². The third kappa shape index (κ3) is 5.64. The minimum atomic E-state index is -4.50. The van der Waals surface area contributed by atoms with E-state index < -0.39 is 11.7 Å². The lowest BCUT2D eigenvalue weighted by atomic mass is 10.2. The van der Waals surface area contributed by atoms with Gasteiger partial charge in [0.25, 0.3) is 0 Å². The van der Waals surface area contributed by atoms with Crippen molar-refractivity contribution in [3.8, 4) is 11.5 Å². The first-order chi connectivity index (χ1) is 15.2. The number of rotatable bonds is 6. The van der Waals surface area contributed by atoms with Gasteiger partial charge >= 0.3 is 6.18 Å². The van der Waals surface area contributed by atoms with E-state index in [4.69, 9.17) is 21.1 Å². The summed E-state index contributed by atoms with van der Waals surface area (Å²) in [5.41, 5.74) is -0.103. The topological polar surface area (TPSA) is 54.9 Å². The Kier molecular flexibility index (Phi) is 7.50. The van der Waals surface area contributed by atoms with Gasteiger partial charge in [-0.3, -0.25) is 4.79 Å². The number of benzene rings is 1. The highest BCUT2D eigenvalue weighted by molar-refractivity contribution is 6.33. The molecule has 0 N–H and O–H groups in total. The van der Waals surface area contributed by atoms with Gasteiger partial charge in [-0.1, -0.05) is 17.7 Å². The van der Waals surface area contributed by atoms with Crippen LogP contribution in [-0.2, 0) is 11.0 Å². The van der Waals surface area contributed by atoms with E-state index in [-0.39, 0.29) is 16.7 Å². The number of halogens is 4. The summed E-state index contributed by atoms with van der Waals surface area (Å²) in [4.78, 5) is 19.9. The zero-order valence-corrected chi connectivity index (χ0v) is 18.4. The van der Waals surface area contributed by atoms with E-state index in [0.29, 0.717) is 44.3 Å². The van der Waals surface area contributed by atoms with Crippen molar-refractivity contribution in [1.82, 2.24) is 9.88 Å². The molecular formula is C22H23ClF3N3O3. The largest absolute Gasteiger partial charge is 0.493 e. The van der Waals surface area contributed by atoms with Gasteiger partial charge in [0.2, 0.25) is 5.91 Å². The number of pyridine rings is 1. The number of hydrogen-bond acceptors (Lipinski definition) is 5. The summed E-state index contributed by atoms with van der Waals surface area (Å²) >= 11 is 6.03. The van der Waals surface area contributed by atoms with Crippen molar-refractivity contribution in [2.24, 2.45) is 0 Å². The number of anilines is 1. The van der Waals surface area contributed by atoms with Gasteiger partial charge < -0.3 is 19.3 Å². The molecule has 172 valence electrons. The molecule has 1 aromatic carbocycles. The Bertz CT molecular complexity index is 990. The van der Waals surface area contributed by atoms with E-state index in [1.165, 1.54) is 6.08 Å². The Balaban J connectivity index is 1.60. The molecule has 6 nitrogen and oxygen atoms in total. The van der Waals surface area contributed by atoms with Crippen molar-refractivity contribution < 1.29 is 27.4 Å². The molecule has 0 saturated carbocycles. The summed E-state index contributed by atoms with van der Waals surface area (Å²) in [6.45, 7) is 4.02. The summed E-state index contributed by atoms with van der Waals surface area (Å²) in [6, 6.07) is 6.26. The highest BCUT2D eigenvalue weighted by Crippen LogP contribution is 2.34. The molecule has 0 aliphatic carbocycles. The molecular weight excluding hydrogens is 447 g/mol. The first kappa shape index (κ1) is 23.7. The van der Waals surface area contributed by atoms with Crippen LogP contribution in [0.5, 0.6) is 11.5 Å². The van der Waals surface area contributed by atoms with Gasteiger partial charge in [-0.2, -0.15) is 13.2 Å². The van der Waals surface area contributed by atoms with Crippen LogP contribution in [0.2, 0.25) is 5.02 Å². The van der Waals surface area contributed by atoms with Crippen LogP contribution in [0.4, 0.5) is 19.0 Å². The second kappa shape index (κ2) is 10.1. The Hall–Kier alpha value is -2.94. The third-order valence-electron chi connectivity index (χ3n) is 4.95. The van der Waals surface area contributed by atoms with Crippen LogP contribution >= 0.6 is 11.6 Å². The maximum Gasteiger partial charge on any atom is 0.417 e. The Labute approximate surface area is 189 Å². The molecule has 0 spiro atoms. The average Bonchev–Trinajstić information content (AvgIpc) is 2.77. The van der Waals surface area contributed by atoms with Gasteiger partial charge in [0.1, 0.15) is 5.82 Å². The molecule has 1 fully saturated rings. The molecule has 0 atom stereocenters. The minimum Gasteiger partial charge on any atom is -0.493 e. The number of alkyl halides is 3. The maximum atomic E-state index is 12.8. The number of aromatic nitrogens is 1. The zero-order chi connectivity index (χ0) is 23.3. The first-order valence-corrected chi connectivity index (χ1v) is 10.4. The second-order valence-corrected chi connectivity index (χ2v) is 7.42. The predicted molar refractivity (Wildman–Crippen MR) is 116 cm³/mol. The molecule has 1 amide bonds. The third-order valence-corrected chi connectivity index (χ3v) is 5.22. The van der Waals surface area contributed by atoms with Gasteiger partial charge in [-0.15, -0.1) is 0 Å². The Morgan fingerprint density at radius 2 is 1.91 bits per heavy atom. The number of carbonyl (C=O) groups is 1. The minimum absolute atomic E-state index is 0.0658. The predicted octanol–water partition coefficient (Wildman–Crippen LogP) is 4.52. The summed E-state index contributed by atoms with van der Waals surface area (Å²) in [6.07, 6.45) is -0.554. The average molecular weight is 470 g/mol. The van der Waals surface area contributed by atoms with Gasteiger partial charge in [0.05, 0.1) is 24.3 Å². The summed E-state index contributed by atoms with van der Waals surface area (Å²) in [5, 5.41) is -0.0658. The van der Waals surface area contributed by atoms with Crippen LogP contribution in [0.3, 0.4) is 0 Å². The van der Waals surface area contributed by atoms with E-state index in [1.54, 1.807) is 35.1 Å². The van der Waals surface area contributed by atoms with Crippen molar-refractivity contribution in [3.05, 3.63) is 52.7 Å². The van der Waals surface area contributed by atoms with Crippen LogP contribution in [0, 0.1) is 0 Å². The molecule has 0 bridgehead atoms. The molecule has 0 unspecified atom stereocenters. The first-order valence-electron chi connectivity index (χ1n) is 9.98. The van der Waals surface area contributed by atoms with Crippen LogP contribution in [-0.4, -0.2) is 55.7 Å². The SMILES string of the molecule is CCOc1ccc(C=CC(=O)N2CCN(c3ncc(C(F)(F)F)cc3Cl)CC2)cc1OC. The monoisotopic (exact) mass is 469 g/mol. The summed E-state index contributed by atoms with van der Waals surface area (Å²) < 4.78 is 49.2. The van der Waals surface area contributed by atoms with Gasteiger partial charge in [0.15, 0.2) is 11.5 Å². The lowest BCUT2D eigenvalue weighted by Gasteiger charge is -2.35. The van der Waals surface area contributed by atoms with Crippen molar-refractivity contribution in [2.45, 2.75) is 13.1 Å². The van der Waals surface area contributed by atoms with Crippen molar-refractivity contribution >= 4 is 29.4 Å². The number of piperazine rings is 1. The number of carbonyl (C=O) groups excluding carboxylic acids is 1. The quantitative estimate of drug-likeness (QED) is 0.582. The number of hydrogen-bond donors (Lipinski definition) is 0. The van der Waals surface area contributed by atoms with E-state index >= 15 is 0 Å². The molecule has 1 aliphatic rings. The van der Waals surface area contributed by atoms with Gasteiger partial charge in [-0.25, -0.2) is 4.98 Å². The van der Waals surface area contributed by atoms with E-state index in [1.807, 2.05) is 13.0 Å².